The molecule has 0 aliphatic carbocycles. The summed E-state index contributed by atoms with van der Waals surface area (Å²) in [6, 6.07) is 0. The molecule has 0 aromatic rings. The minimum Gasteiger partial charge on any atom is -0.344 e. The molecule has 0 aromatic heterocycles. The Morgan fingerprint density at radius 2 is 1.53 bits per heavy atom. The number of likely N-dealkylation sites (tertiary alicyclic amines) is 1. The first-order valence-electron chi connectivity index (χ1n) is 6.68. The van der Waals surface area contributed by atoms with Gasteiger partial charge in [0, 0.05) is 32.4 Å². The van der Waals surface area contributed by atoms with Gasteiger partial charge in [-0.1, -0.05) is 20.8 Å². The maximum absolute atomic E-state index is 12.6. The van der Waals surface area contributed by atoms with Crippen LogP contribution in [0.2, 0.25) is 0 Å². The molecule has 1 N–H and O–H groups in total. The number of carbonyl (C=O) groups is 3. The molecular weight excluding hydrogens is 244 g/mol. The highest BCUT2D eigenvalue weighted by Gasteiger charge is 2.46. The van der Waals surface area contributed by atoms with E-state index < -0.39 is 11.0 Å². The monoisotopic (exact) mass is 268 g/mol. The van der Waals surface area contributed by atoms with E-state index in [1.807, 2.05) is 20.8 Å². The van der Waals surface area contributed by atoms with Crippen LogP contribution in [0, 0.1) is 5.41 Å². The second-order valence-electron chi connectivity index (χ2n) is 6.35. The normalized spacial score (nSPS) is 18.9. The first kappa shape index (κ1) is 15.7. The third kappa shape index (κ3) is 3.55. The predicted octanol–water partition coefficient (Wildman–Crippen LogP) is 1.12. The summed E-state index contributed by atoms with van der Waals surface area (Å²) in [6.07, 6.45) is 0.977. The zero-order valence-electron chi connectivity index (χ0n) is 12.5. The van der Waals surface area contributed by atoms with Gasteiger partial charge in [-0.25, -0.2) is 0 Å². The molecule has 0 bridgehead atoms. The van der Waals surface area contributed by atoms with E-state index in [-0.39, 0.29) is 17.6 Å². The summed E-state index contributed by atoms with van der Waals surface area (Å²) in [5, 5.41) is 2.83. The van der Waals surface area contributed by atoms with Crippen molar-refractivity contribution in [2.45, 2.75) is 53.0 Å². The van der Waals surface area contributed by atoms with Crippen molar-refractivity contribution in [3.05, 3.63) is 0 Å². The van der Waals surface area contributed by atoms with Crippen LogP contribution in [-0.4, -0.2) is 41.1 Å². The van der Waals surface area contributed by atoms with Gasteiger partial charge in [0.2, 0.25) is 11.8 Å². The zero-order valence-corrected chi connectivity index (χ0v) is 12.5. The lowest BCUT2D eigenvalue weighted by Crippen LogP contribution is -2.62. The number of hydrogen-bond donors (Lipinski definition) is 1. The lowest BCUT2D eigenvalue weighted by molar-refractivity contribution is -0.142. The Morgan fingerprint density at radius 3 is 1.84 bits per heavy atom. The van der Waals surface area contributed by atoms with Crippen LogP contribution in [0.25, 0.3) is 0 Å². The standard InChI is InChI=1S/C14H24N2O3/c1-10(17)15-14(12(19)13(3,4)5)6-8-16(9-7-14)11(2)18/h6-9H2,1-5H3,(H,15,17). The van der Waals surface area contributed by atoms with Crippen molar-refractivity contribution in [1.82, 2.24) is 10.2 Å². The third-order valence-corrected chi connectivity index (χ3v) is 3.59. The van der Waals surface area contributed by atoms with E-state index in [0.29, 0.717) is 25.9 Å². The molecule has 5 nitrogen and oxygen atoms in total. The highest BCUT2D eigenvalue weighted by atomic mass is 16.2. The average molecular weight is 268 g/mol. The SMILES string of the molecule is CC(=O)NC1(C(=O)C(C)(C)C)CCN(C(C)=O)CC1. The molecular formula is C14H24N2O3. The van der Waals surface area contributed by atoms with Crippen LogP contribution in [-0.2, 0) is 14.4 Å². The Hall–Kier alpha value is -1.39. The Balaban J connectivity index is 2.95. The Labute approximate surface area is 114 Å². The molecule has 2 amide bonds. The fourth-order valence-corrected chi connectivity index (χ4v) is 2.67. The summed E-state index contributed by atoms with van der Waals surface area (Å²) in [7, 11) is 0. The lowest BCUT2D eigenvalue weighted by atomic mass is 9.73. The molecule has 19 heavy (non-hydrogen) atoms. The van der Waals surface area contributed by atoms with E-state index in [1.165, 1.54) is 13.8 Å². The van der Waals surface area contributed by atoms with Crippen LogP contribution >= 0.6 is 0 Å². The molecule has 0 radical (unpaired) electrons. The summed E-state index contributed by atoms with van der Waals surface area (Å²) in [6.45, 7) is 9.55. The maximum atomic E-state index is 12.6. The van der Waals surface area contributed by atoms with E-state index in [9.17, 15) is 14.4 Å². The largest absolute Gasteiger partial charge is 0.344 e. The number of amides is 2. The quantitative estimate of drug-likeness (QED) is 0.816. The van der Waals surface area contributed by atoms with Crippen molar-refractivity contribution >= 4 is 17.6 Å². The zero-order chi connectivity index (χ0) is 14.8. The molecule has 0 atom stereocenters. The van der Waals surface area contributed by atoms with Gasteiger partial charge in [-0.15, -0.1) is 0 Å². The third-order valence-electron chi connectivity index (χ3n) is 3.59. The topological polar surface area (TPSA) is 66.5 Å². The van der Waals surface area contributed by atoms with Gasteiger partial charge < -0.3 is 10.2 Å². The Bertz CT molecular complexity index is 388. The molecule has 0 saturated carbocycles. The van der Waals surface area contributed by atoms with Crippen LogP contribution in [0.1, 0.15) is 47.5 Å². The molecule has 0 unspecified atom stereocenters. The summed E-state index contributed by atoms with van der Waals surface area (Å²) in [4.78, 5) is 37.1. The van der Waals surface area contributed by atoms with Gasteiger partial charge in [-0.3, -0.25) is 14.4 Å². The molecule has 0 aromatic carbocycles. The number of piperidine rings is 1. The first-order valence-corrected chi connectivity index (χ1v) is 6.68. The van der Waals surface area contributed by atoms with Crippen LogP contribution in [0.15, 0.2) is 0 Å². The molecule has 1 fully saturated rings. The average Bonchev–Trinajstić information content (AvgIpc) is 2.26. The Morgan fingerprint density at radius 1 is 1.05 bits per heavy atom. The smallest absolute Gasteiger partial charge is 0.219 e. The summed E-state index contributed by atoms with van der Waals surface area (Å²) in [5.74, 6) is -0.146. The number of nitrogens with zero attached hydrogens (tertiary/aromatic N) is 1. The molecule has 108 valence electrons. The van der Waals surface area contributed by atoms with E-state index in [2.05, 4.69) is 5.32 Å². The molecule has 0 spiro atoms. The first-order chi connectivity index (χ1) is 8.58. The van der Waals surface area contributed by atoms with E-state index in [1.54, 1.807) is 4.90 Å². The number of ketones is 1. The highest BCUT2D eigenvalue weighted by molar-refractivity contribution is 5.96. The van der Waals surface area contributed by atoms with Gasteiger partial charge in [0.05, 0.1) is 0 Å². The van der Waals surface area contributed by atoms with E-state index in [4.69, 9.17) is 0 Å². The van der Waals surface area contributed by atoms with E-state index in [0.717, 1.165) is 0 Å². The number of carbonyl (C=O) groups excluding carboxylic acids is 3. The number of hydrogen-bond acceptors (Lipinski definition) is 3. The number of rotatable bonds is 2. The molecule has 5 heteroatoms. The van der Waals surface area contributed by atoms with E-state index >= 15 is 0 Å². The second kappa shape index (κ2) is 5.31. The molecule has 1 saturated heterocycles. The number of Topliss-reactive ketones (excluding diaryl/α,β-unsaturated/α-hetero) is 1. The van der Waals surface area contributed by atoms with Crippen molar-refractivity contribution < 1.29 is 14.4 Å². The van der Waals surface area contributed by atoms with Crippen LogP contribution in [0.3, 0.4) is 0 Å². The van der Waals surface area contributed by atoms with Gasteiger partial charge in [-0.05, 0) is 12.8 Å². The molecule has 1 heterocycles. The van der Waals surface area contributed by atoms with Gasteiger partial charge in [0.15, 0.2) is 5.78 Å². The van der Waals surface area contributed by atoms with Gasteiger partial charge in [-0.2, -0.15) is 0 Å². The maximum Gasteiger partial charge on any atom is 0.219 e. The summed E-state index contributed by atoms with van der Waals surface area (Å²) in [5.41, 5.74) is -1.34. The summed E-state index contributed by atoms with van der Waals surface area (Å²) < 4.78 is 0. The predicted molar refractivity (Wildman–Crippen MR) is 72.5 cm³/mol. The minimum absolute atomic E-state index is 0.0135. The Kier molecular flexibility index (Phi) is 4.38. The summed E-state index contributed by atoms with van der Waals surface area (Å²) >= 11 is 0. The van der Waals surface area contributed by atoms with Crippen LogP contribution in [0.4, 0.5) is 0 Å². The van der Waals surface area contributed by atoms with Crippen molar-refractivity contribution in [2.24, 2.45) is 5.41 Å². The van der Waals surface area contributed by atoms with Gasteiger partial charge in [0.25, 0.3) is 0 Å². The molecule has 1 rings (SSSR count). The highest BCUT2D eigenvalue weighted by Crippen LogP contribution is 2.31. The fraction of sp³-hybridized carbons (Fsp3) is 0.786. The van der Waals surface area contributed by atoms with Crippen LogP contribution < -0.4 is 5.32 Å². The van der Waals surface area contributed by atoms with Crippen molar-refractivity contribution in [3.63, 3.8) is 0 Å². The molecule has 1 aliphatic rings. The van der Waals surface area contributed by atoms with Crippen LogP contribution in [0.5, 0.6) is 0 Å². The number of nitrogens with one attached hydrogen (secondary N) is 1. The van der Waals surface area contributed by atoms with Crippen molar-refractivity contribution in [1.29, 1.82) is 0 Å². The van der Waals surface area contributed by atoms with Gasteiger partial charge >= 0.3 is 0 Å². The van der Waals surface area contributed by atoms with Crippen molar-refractivity contribution in [3.8, 4) is 0 Å². The minimum atomic E-state index is -0.823. The molecule has 1 aliphatic heterocycles. The van der Waals surface area contributed by atoms with Crippen molar-refractivity contribution in [2.75, 3.05) is 13.1 Å². The van der Waals surface area contributed by atoms with Gasteiger partial charge in [0.1, 0.15) is 5.54 Å². The fourth-order valence-electron chi connectivity index (χ4n) is 2.67. The second-order valence-corrected chi connectivity index (χ2v) is 6.35. The lowest BCUT2D eigenvalue weighted by Gasteiger charge is -2.43.